The normalized spacial score (nSPS) is 26.8. The Morgan fingerprint density at radius 3 is 3.00 bits per heavy atom. The predicted octanol–water partition coefficient (Wildman–Crippen LogP) is 2.56. The van der Waals surface area contributed by atoms with E-state index >= 15 is 0 Å². The van der Waals surface area contributed by atoms with Gasteiger partial charge in [0.05, 0.1) is 11.1 Å². The number of carbonyl (C=O) groups is 2. The molecule has 0 unspecified atom stereocenters. The van der Waals surface area contributed by atoms with Crippen molar-refractivity contribution >= 4 is 28.8 Å². The fourth-order valence-corrected chi connectivity index (χ4v) is 4.54. The standard InChI is InChI=1S/C17H19N3O3S/c1-11-8-19(15(21)14-7-12(2)23-18-14)10-17(11)4-5-20(16(17)22)13-3-6-24-9-13/h3,6-7,9,11H,4-5,8,10H2,1-2H3/t11-,17-/m1/s1. The van der Waals surface area contributed by atoms with Crippen molar-refractivity contribution in [2.45, 2.75) is 20.3 Å². The second kappa shape index (κ2) is 5.44. The van der Waals surface area contributed by atoms with Gasteiger partial charge in [-0.05, 0) is 30.7 Å². The van der Waals surface area contributed by atoms with Crippen LogP contribution in [0.15, 0.2) is 27.4 Å². The molecule has 24 heavy (non-hydrogen) atoms. The van der Waals surface area contributed by atoms with Crippen LogP contribution in [0, 0.1) is 18.3 Å². The molecule has 6 nitrogen and oxygen atoms in total. The number of aromatic nitrogens is 1. The van der Waals surface area contributed by atoms with Gasteiger partial charge in [0.15, 0.2) is 5.69 Å². The number of likely N-dealkylation sites (tertiary alicyclic amines) is 1. The van der Waals surface area contributed by atoms with E-state index in [2.05, 4.69) is 12.1 Å². The predicted molar refractivity (Wildman–Crippen MR) is 90.0 cm³/mol. The van der Waals surface area contributed by atoms with Crippen molar-refractivity contribution in [3.8, 4) is 0 Å². The molecule has 0 saturated carbocycles. The third-order valence-corrected chi connectivity index (χ3v) is 5.99. The highest BCUT2D eigenvalue weighted by molar-refractivity contribution is 7.08. The average Bonchev–Trinajstić information content (AvgIpc) is 3.31. The minimum Gasteiger partial charge on any atom is -0.361 e. The van der Waals surface area contributed by atoms with Gasteiger partial charge in [0.2, 0.25) is 5.91 Å². The van der Waals surface area contributed by atoms with Gasteiger partial charge in [0.25, 0.3) is 5.91 Å². The topological polar surface area (TPSA) is 66.7 Å². The minimum absolute atomic E-state index is 0.130. The van der Waals surface area contributed by atoms with Gasteiger partial charge in [-0.15, -0.1) is 0 Å². The van der Waals surface area contributed by atoms with Crippen molar-refractivity contribution in [2.24, 2.45) is 11.3 Å². The highest BCUT2D eigenvalue weighted by Crippen LogP contribution is 2.46. The van der Waals surface area contributed by atoms with Crippen LogP contribution in [0.25, 0.3) is 0 Å². The lowest BCUT2D eigenvalue weighted by atomic mass is 9.78. The van der Waals surface area contributed by atoms with E-state index in [1.807, 2.05) is 21.7 Å². The van der Waals surface area contributed by atoms with Crippen molar-refractivity contribution in [2.75, 3.05) is 24.5 Å². The third kappa shape index (κ3) is 2.18. The van der Waals surface area contributed by atoms with Crippen LogP contribution < -0.4 is 4.90 Å². The van der Waals surface area contributed by atoms with Crippen LogP contribution in [0.4, 0.5) is 5.69 Å². The largest absolute Gasteiger partial charge is 0.361 e. The van der Waals surface area contributed by atoms with E-state index in [0.717, 1.165) is 12.1 Å². The van der Waals surface area contributed by atoms with E-state index in [9.17, 15) is 9.59 Å². The first kappa shape index (κ1) is 15.4. The lowest BCUT2D eigenvalue weighted by Crippen LogP contribution is -2.40. The number of rotatable bonds is 2. The molecule has 2 atom stereocenters. The summed E-state index contributed by atoms with van der Waals surface area (Å²) in [7, 11) is 0. The maximum atomic E-state index is 13.1. The van der Waals surface area contributed by atoms with Crippen LogP contribution in [0.1, 0.15) is 29.6 Å². The molecule has 2 amide bonds. The van der Waals surface area contributed by atoms with Crippen LogP contribution in [0.2, 0.25) is 0 Å². The Morgan fingerprint density at radius 2 is 2.33 bits per heavy atom. The zero-order valence-electron chi connectivity index (χ0n) is 13.7. The first-order valence-electron chi connectivity index (χ1n) is 8.08. The molecule has 2 fully saturated rings. The monoisotopic (exact) mass is 345 g/mol. The third-order valence-electron chi connectivity index (χ3n) is 5.32. The zero-order valence-corrected chi connectivity index (χ0v) is 14.5. The second-order valence-corrected chi connectivity index (χ2v) is 7.53. The van der Waals surface area contributed by atoms with Crippen molar-refractivity contribution in [1.29, 1.82) is 0 Å². The molecule has 2 aromatic heterocycles. The molecule has 4 heterocycles. The fourth-order valence-electron chi connectivity index (χ4n) is 3.90. The molecule has 0 radical (unpaired) electrons. The second-order valence-electron chi connectivity index (χ2n) is 6.75. The molecular weight excluding hydrogens is 326 g/mol. The summed E-state index contributed by atoms with van der Waals surface area (Å²) < 4.78 is 5.00. The van der Waals surface area contributed by atoms with Gasteiger partial charge in [-0.2, -0.15) is 11.3 Å². The SMILES string of the molecule is Cc1cc(C(=O)N2C[C@@H](C)[C@@]3(CCN(c4ccsc4)C3=O)C2)no1. The van der Waals surface area contributed by atoms with Gasteiger partial charge >= 0.3 is 0 Å². The fraction of sp³-hybridized carbons (Fsp3) is 0.471. The number of thiophene rings is 1. The lowest BCUT2D eigenvalue weighted by Gasteiger charge is -2.26. The Hall–Kier alpha value is -2.15. The lowest BCUT2D eigenvalue weighted by molar-refractivity contribution is -0.126. The van der Waals surface area contributed by atoms with Crippen molar-refractivity contribution in [3.63, 3.8) is 0 Å². The number of aryl methyl sites for hydroxylation is 1. The summed E-state index contributed by atoms with van der Waals surface area (Å²) in [5, 5.41) is 7.79. The summed E-state index contributed by atoms with van der Waals surface area (Å²) in [4.78, 5) is 29.4. The van der Waals surface area contributed by atoms with Gasteiger partial charge < -0.3 is 14.3 Å². The minimum atomic E-state index is -0.476. The Kier molecular flexibility index (Phi) is 3.49. The highest BCUT2D eigenvalue weighted by atomic mass is 32.1. The number of carbonyl (C=O) groups excluding carboxylic acids is 2. The molecular formula is C17H19N3O3S. The Bertz CT molecular complexity index is 785. The van der Waals surface area contributed by atoms with Crippen LogP contribution in [0.3, 0.4) is 0 Å². The number of nitrogens with zero attached hydrogens (tertiary/aromatic N) is 3. The molecule has 4 rings (SSSR count). The van der Waals surface area contributed by atoms with Gasteiger partial charge in [-0.25, -0.2) is 0 Å². The summed E-state index contributed by atoms with van der Waals surface area (Å²) in [5.41, 5.74) is 0.805. The maximum absolute atomic E-state index is 13.1. The molecule has 2 aliphatic heterocycles. The molecule has 1 spiro atoms. The zero-order chi connectivity index (χ0) is 16.9. The smallest absolute Gasteiger partial charge is 0.276 e. The molecule has 2 saturated heterocycles. The molecule has 2 aromatic rings. The van der Waals surface area contributed by atoms with Crippen LogP contribution in [-0.2, 0) is 4.79 Å². The Morgan fingerprint density at radius 1 is 1.50 bits per heavy atom. The van der Waals surface area contributed by atoms with Gasteiger partial charge in [-0.1, -0.05) is 12.1 Å². The number of amides is 2. The molecule has 126 valence electrons. The van der Waals surface area contributed by atoms with E-state index in [-0.39, 0.29) is 17.7 Å². The van der Waals surface area contributed by atoms with Gasteiger partial charge in [0.1, 0.15) is 5.76 Å². The Balaban J connectivity index is 1.57. The van der Waals surface area contributed by atoms with Gasteiger partial charge in [-0.3, -0.25) is 9.59 Å². The molecule has 0 bridgehead atoms. The van der Waals surface area contributed by atoms with Crippen molar-refractivity contribution in [3.05, 3.63) is 34.3 Å². The van der Waals surface area contributed by atoms with Crippen LogP contribution in [0.5, 0.6) is 0 Å². The summed E-state index contributed by atoms with van der Waals surface area (Å²) in [5.74, 6) is 0.726. The van der Waals surface area contributed by atoms with Gasteiger partial charge in [0, 0.05) is 31.1 Å². The number of anilines is 1. The van der Waals surface area contributed by atoms with E-state index in [4.69, 9.17) is 4.52 Å². The summed E-state index contributed by atoms with van der Waals surface area (Å²) in [6, 6.07) is 3.62. The Labute approximate surface area is 144 Å². The average molecular weight is 345 g/mol. The number of hydrogen-bond acceptors (Lipinski definition) is 5. The quantitative estimate of drug-likeness (QED) is 0.839. The summed E-state index contributed by atoms with van der Waals surface area (Å²) >= 11 is 1.59. The van der Waals surface area contributed by atoms with Crippen molar-refractivity contribution in [1.82, 2.24) is 10.1 Å². The molecule has 0 N–H and O–H groups in total. The molecule has 7 heteroatoms. The van der Waals surface area contributed by atoms with E-state index in [0.29, 0.717) is 31.1 Å². The molecule has 0 aliphatic carbocycles. The van der Waals surface area contributed by atoms with Crippen LogP contribution in [-0.4, -0.2) is 41.5 Å². The first-order valence-corrected chi connectivity index (χ1v) is 9.02. The number of hydrogen-bond donors (Lipinski definition) is 0. The van der Waals surface area contributed by atoms with Crippen LogP contribution >= 0.6 is 11.3 Å². The summed E-state index contributed by atoms with van der Waals surface area (Å²) in [6.45, 7) is 5.57. The van der Waals surface area contributed by atoms with Crippen molar-refractivity contribution < 1.29 is 14.1 Å². The summed E-state index contributed by atoms with van der Waals surface area (Å²) in [6.07, 6.45) is 0.782. The molecule has 2 aliphatic rings. The molecule has 0 aromatic carbocycles. The first-order chi connectivity index (χ1) is 11.5. The van der Waals surface area contributed by atoms with E-state index in [1.54, 1.807) is 29.2 Å². The van der Waals surface area contributed by atoms with E-state index in [1.165, 1.54) is 0 Å². The van der Waals surface area contributed by atoms with E-state index < -0.39 is 5.41 Å². The maximum Gasteiger partial charge on any atom is 0.276 e. The highest BCUT2D eigenvalue weighted by Gasteiger charge is 2.56.